The van der Waals surface area contributed by atoms with Crippen molar-refractivity contribution >= 4 is 23.5 Å². The highest BCUT2D eigenvalue weighted by molar-refractivity contribution is 5.92. The zero-order chi connectivity index (χ0) is 52.4. The van der Waals surface area contributed by atoms with Crippen LogP contribution < -0.4 is 0 Å². The Morgan fingerprint density at radius 2 is 1.21 bits per heavy atom. The van der Waals surface area contributed by atoms with Crippen molar-refractivity contribution in [2.24, 2.45) is 35.5 Å². The summed E-state index contributed by atoms with van der Waals surface area (Å²) >= 11 is 0. The van der Waals surface area contributed by atoms with Gasteiger partial charge in [-0.2, -0.15) is 26.3 Å². The highest BCUT2D eigenvalue weighted by Gasteiger charge is 2.66. The number of alkyl halides is 6. The minimum Gasteiger partial charge on any atom is -0.459 e. The number of ketones is 2. The first-order chi connectivity index (χ1) is 32.7. The van der Waals surface area contributed by atoms with Gasteiger partial charge < -0.3 is 33.2 Å². The van der Waals surface area contributed by atoms with Crippen LogP contribution in [0.2, 0.25) is 0 Å². The van der Waals surface area contributed by atoms with Crippen LogP contribution in [0.4, 0.5) is 26.3 Å². The molecule has 11 nitrogen and oxygen atoms in total. The number of rotatable bonds is 23. The Bertz CT molecular complexity index is 2040. The van der Waals surface area contributed by atoms with Gasteiger partial charge in [-0.15, -0.1) is 0 Å². The second kappa shape index (κ2) is 24.5. The first-order valence-electron chi connectivity index (χ1n) is 24.1. The third-order valence-corrected chi connectivity index (χ3v) is 14.5. The Balaban J connectivity index is 1.64. The van der Waals surface area contributed by atoms with Crippen LogP contribution in [0, 0.1) is 35.5 Å². The molecular formula is C53H72F6O11. The first-order valence-corrected chi connectivity index (χ1v) is 24.1. The van der Waals surface area contributed by atoms with Crippen LogP contribution >= 0.6 is 0 Å². The Morgan fingerprint density at radius 3 is 1.67 bits per heavy atom. The summed E-state index contributed by atoms with van der Waals surface area (Å²) in [4.78, 5) is 53.9. The summed E-state index contributed by atoms with van der Waals surface area (Å²) in [6.07, 6.45) is -8.69. The van der Waals surface area contributed by atoms with Crippen LogP contribution in [0.1, 0.15) is 118 Å². The maximum absolute atomic E-state index is 15.1. The van der Waals surface area contributed by atoms with Gasteiger partial charge in [-0.3, -0.25) is 9.59 Å². The lowest BCUT2D eigenvalue weighted by molar-refractivity contribution is -0.338. The van der Waals surface area contributed by atoms with Crippen LogP contribution in [0.15, 0.2) is 72.8 Å². The molecule has 2 aromatic rings. The van der Waals surface area contributed by atoms with Gasteiger partial charge in [-0.25, -0.2) is 9.59 Å². The molecular weight excluding hydrogens is 927 g/mol. The first kappa shape index (κ1) is 58.4. The van der Waals surface area contributed by atoms with Gasteiger partial charge in [-0.1, -0.05) is 109 Å². The van der Waals surface area contributed by atoms with E-state index < -0.39 is 88.3 Å². The van der Waals surface area contributed by atoms with Gasteiger partial charge in [-0.05, 0) is 81.3 Å². The number of ether oxygens (including phenoxy) is 7. The summed E-state index contributed by atoms with van der Waals surface area (Å²) in [7, 11) is 2.67. The van der Waals surface area contributed by atoms with E-state index in [1.54, 1.807) is 20.8 Å². The SMILES string of the molecule is CO[C@@H](/C=C/C(=O)[C@@H](C)[C@H](CC[C@@H](C)[C@@H]1O[C@]2(CC[C@@H](C)[C@H](CC[C@H](C)C(C)=O)O2)CC[C@@H]1C)OC(=O)[C@@](OC)(c1ccccc1)C(F)(F)F)[C@H](OC(=O)[C@@](OC)(c1ccccc1)C(F)(F)F)C(C)C. The molecule has 392 valence electrons. The quantitative estimate of drug-likeness (QED) is 0.0598. The number of carbonyl (C=O) groups excluding carboxylic acids is 4. The maximum Gasteiger partial charge on any atom is 0.432 e. The van der Waals surface area contributed by atoms with E-state index in [0.29, 0.717) is 25.7 Å². The smallest absolute Gasteiger partial charge is 0.432 e. The highest BCUT2D eigenvalue weighted by atomic mass is 19.4. The topological polar surface area (TPSA) is 133 Å². The molecule has 0 bridgehead atoms. The number of carbonyl (C=O) groups is 4. The van der Waals surface area contributed by atoms with E-state index in [2.05, 4.69) is 6.92 Å². The lowest BCUT2D eigenvalue weighted by Gasteiger charge is -2.51. The number of benzene rings is 2. The molecule has 4 rings (SSSR count). The van der Waals surface area contributed by atoms with Crippen LogP contribution in [-0.2, 0) is 63.5 Å². The van der Waals surface area contributed by atoms with E-state index in [0.717, 1.165) is 57.4 Å². The van der Waals surface area contributed by atoms with E-state index >= 15 is 13.2 Å². The average Bonchev–Trinajstić information content (AvgIpc) is 3.31. The summed E-state index contributed by atoms with van der Waals surface area (Å²) in [5, 5.41) is 0. The van der Waals surface area contributed by atoms with Crippen molar-refractivity contribution in [1.82, 2.24) is 0 Å². The monoisotopic (exact) mass is 998 g/mol. The summed E-state index contributed by atoms with van der Waals surface area (Å²) in [5.74, 6) is -7.16. The molecule has 0 amide bonds. The number of halogens is 6. The predicted octanol–water partition coefficient (Wildman–Crippen LogP) is 11.2. The van der Waals surface area contributed by atoms with Gasteiger partial charge in [0.15, 0.2) is 11.6 Å². The van der Waals surface area contributed by atoms with E-state index in [4.69, 9.17) is 33.2 Å². The molecule has 2 saturated heterocycles. The lowest BCUT2D eigenvalue weighted by Crippen LogP contribution is -2.54. The van der Waals surface area contributed by atoms with Crippen molar-refractivity contribution in [3.8, 4) is 0 Å². The molecule has 0 radical (unpaired) electrons. The number of allylic oxidation sites excluding steroid dienone is 1. The molecule has 0 saturated carbocycles. The predicted molar refractivity (Wildman–Crippen MR) is 248 cm³/mol. The Labute approximate surface area is 408 Å². The van der Waals surface area contributed by atoms with E-state index in [1.807, 2.05) is 20.8 Å². The Hall–Kier alpha value is -4.16. The summed E-state index contributed by atoms with van der Waals surface area (Å²) in [6, 6.07) is 12.5. The third-order valence-electron chi connectivity index (χ3n) is 14.5. The second-order valence-electron chi connectivity index (χ2n) is 19.6. The largest absolute Gasteiger partial charge is 0.459 e. The van der Waals surface area contributed by atoms with Crippen molar-refractivity contribution in [1.29, 1.82) is 0 Å². The maximum atomic E-state index is 15.1. The normalized spacial score (nSPS) is 25.5. The number of esters is 2. The molecule has 2 aliphatic heterocycles. The van der Waals surface area contributed by atoms with Gasteiger partial charge in [0.25, 0.3) is 11.2 Å². The summed E-state index contributed by atoms with van der Waals surface area (Å²) in [6.45, 7) is 14.1. The van der Waals surface area contributed by atoms with Crippen molar-refractivity contribution < 1.29 is 78.7 Å². The van der Waals surface area contributed by atoms with Crippen molar-refractivity contribution in [2.75, 3.05) is 21.3 Å². The summed E-state index contributed by atoms with van der Waals surface area (Å²) in [5.41, 5.74) is -8.16. The van der Waals surface area contributed by atoms with Crippen molar-refractivity contribution in [3.05, 3.63) is 83.9 Å². The molecule has 0 unspecified atom stereocenters. The highest BCUT2D eigenvalue weighted by Crippen LogP contribution is 2.48. The van der Waals surface area contributed by atoms with E-state index in [9.17, 15) is 32.3 Å². The molecule has 2 aromatic carbocycles. The van der Waals surface area contributed by atoms with Gasteiger partial charge in [0, 0.05) is 51.2 Å². The van der Waals surface area contributed by atoms with Gasteiger partial charge in [0.1, 0.15) is 24.1 Å². The Kier molecular flexibility index (Phi) is 20.5. The van der Waals surface area contributed by atoms with Crippen LogP contribution in [0.3, 0.4) is 0 Å². The molecule has 2 fully saturated rings. The molecule has 2 aliphatic rings. The number of Topliss-reactive ketones (excluding diaryl/α,β-unsaturated/α-hetero) is 1. The fraction of sp³-hybridized carbons (Fsp3) is 0.660. The summed E-state index contributed by atoms with van der Waals surface area (Å²) < 4.78 is 130. The minimum atomic E-state index is -5.31. The van der Waals surface area contributed by atoms with Crippen molar-refractivity contribution in [3.63, 3.8) is 0 Å². The minimum absolute atomic E-state index is 0.0408. The molecule has 70 heavy (non-hydrogen) atoms. The lowest BCUT2D eigenvalue weighted by atomic mass is 9.79. The Morgan fingerprint density at radius 1 is 0.714 bits per heavy atom. The van der Waals surface area contributed by atoms with Gasteiger partial charge in [0.05, 0.1) is 18.1 Å². The molecule has 0 aliphatic carbocycles. The zero-order valence-electron chi connectivity index (χ0n) is 42.2. The van der Waals surface area contributed by atoms with Crippen LogP contribution in [0.5, 0.6) is 0 Å². The average molecular weight is 999 g/mol. The number of methoxy groups -OCH3 is 3. The molecule has 0 aromatic heterocycles. The van der Waals surface area contributed by atoms with E-state index in [1.165, 1.54) is 56.5 Å². The van der Waals surface area contributed by atoms with Gasteiger partial charge >= 0.3 is 24.3 Å². The molecule has 1 spiro atoms. The fourth-order valence-corrected chi connectivity index (χ4v) is 9.66. The van der Waals surface area contributed by atoms with E-state index in [-0.39, 0.29) is 54.5 Å². The number of hydrogen-bond donors (Lipinski definition) is 0. The zero-order valence-corrected chi connectivity index (χ0v) is 42.2. The second-order valence-corrected chi connectivity index (χ2v) is 19.6. The molecule has 13 atom stereocenters. The standard InChI is InChI=1S/C53H72F6O11/c1-32(2)45(68-48(63)51(66-11,53(57,58)59)40-20-16-13-17-21-40)44(64-9)27-24-41(61)37(7)43(67-47(62)50(65-10,52(54,55)56)39-18-14-12-15-19-39)26-23-35(5)46-36(6)29-31-49(70-46)30-28-34(4)42(69-49)25-22-33(3)38(8)60/h12-21,24,27,32-37,42-46H,22-23,25-26,28-31H2,1-11H3/b27-24+/t33-,34+,35+,36-,37+,42-,43-,44-,45+,46-,49+,50-,51-/m0/s1. The van der Waals surface area contributed by atoms with Crippen LogP contribution in [-0.4, -0.2) is 93.5 Å². The molecule has 2 heterocycles. The third kappa shape index (κ3) is 13.1. The molecule has 17 heteroatoms. The number of hydrogen-bond acceptors (Lipinski definition) is 11. The van der Waals surface area contributed by atoms with Crippen LogP contribution in [0.25, 0.3) is 0 Å². The van der Waals surface area contributed by atoms with Gasteiger partial charge in [0.2, 0.25) is 0 Å². The molecule has 0 N–H and O–H groups in total. The fourth-order valence-electron chi connectivity index (χ4n) is 9.66. The van der Waals surface area contributed by atoms with Crippen molar-refractivity contribution in [2.45, 2.75) is 167 Å².